The van der Waals surface area contributed by atoms with Crippen molar-refractivity contribution in [3.05, 3.63) is 29.3 Å². The summed E-state index contributed by atoms with van der Waals surface area (Å²) in [6.07, 6.45) is 1.28. The van der Waals surface area contributed by atoms with Gasteiger partial charge in [0, 0.05) is 0 Å². The van der Waals surface area contributed by atoms with E-state index in [4.69, 9.17) is 5.11 Å². The van der Waals surface area contributed by atoms with Gasteiger partial charge in [0.05, 0.1) is 0 Å². The molecule has 0 aromatic heterocycles. The smallest absolute Gasteiger partial charge is 0.188 e. The van der Waals surface area contributed by atoms with Crippen LogP contribution < -0.4 is 0 Å². The molecule has 0 heterocycles. The van der Waals surface area contributed by atoms with Crippen molar-refractivity contribution in [2.24, 2.45) is 0 Å². The zero-order valence-electron chi connectivity index (χ0n) is 6.77. The highest BCUT2D eigenvalue weighted by atomic mass is 19.1. The maximum atomic E-state index is 13.0. The molecular weight excluding hydrogens is 162 g/mol. The predicted octanol–water partition coefficient (Wildman–Crippen LogP) is 2.62. The normalized spacial score (nSPS) is 10.2. The fraction of sp³-hybridized carbons (Fsp3) is 0.333. The SMILES string of the molecule is CCCc1ccc(F)c(O)c1F. The number of aromatic hydroxyl groups is 1. The van der Waals surface area contributed by atoms with Crippen molar-refractivity contribution < 1.29 is 13.9 Å². The van der Waals surface area contributed by atoms with E-state index >= 15 is 0 Å². The molecule has 1 aromatic rings. The number of phenols is 1. The minimum Gasteiger partial charge on any atom is -0.503 e. The third-order valence-electron chi connectivity index (χ3n) is 1.67. The fourth-order valence-corrected chi connectivity index (χ4v) is 1.05. The second-order valence-electron chi connectivity index (χ2n) is 2.62. The molecular formula is C9H10F2O. The van der Waals surface area contributed by atoms with Gasteiger partial charge in [-0.1, -0.05) is 19.4 Å². The first-order valence-electron chi connectivity index (χ1n) is 3.82. The lowest BCUT2D eigenvalue weighted by Gasteiger charge is -2.02. The topological polar surface area (TPSA) is 20.2 Å². The van der Waals surface area contributed by atoms with Crippen molar-refractivity contribution in [3.63, 3.8) is 0 Å². The number of hydrogen-bond acceptors (Lipinski definition) is 1. The number of phenolic OH excluding ortho intramolecular Hbond substituents is 1. The van der Waals surface area contributed by atoms with E-state index in [9.17, 15) is 8.78 Å². The highest BCUT2D eigenvalue weighted by Gasteiger charge is 2.10. The molecule has 0 radical (unpaired) electrons. The summed E-state index contributed by atoms with van der Waals surface area (Å²) in [4.78, 5) is 0. The molecule has 0 atom stereocenters. The van der Waals surface area contributed by atoms with Crippen molar-refractivity contribution in [2.75, 3.05) is 0 Å². The maximum Gasteiger partial charge on any atom is 0.188 e. The number of rotatable bonds is 2. The van der Waals surface area contributed by atoms with Gasteiger partial charge in [0.15, 0.2) is 17.4 Å². The first-order valence-corrected chi connectivity index (χ1v) is 3.82. The van der Waals surface area contributed by atoms with Crippen molar-refractivity contribution in [1.82, 2.24) is 0 Å². The first-order chi connectivity index (χ1) is 5.66. The van der Waals surface area contributed by atoms with Gasteiger partial charge in [-0.25, -0.2) is 8.78 Å². The van der Waals surface area contributed by atoms with E-state index < -0.39 is 17.4 Å². The number of hydrogen-bond donors (Lipinski definition) is 1. The molecule has 0 unspecified atom stereocenters. The summed E-state index contributed by atoms with van der Waals surface area (Å²) in [6, 6.07) is 2.43. The van der Waals surface area contributed by atoms with Crippen LogP contribution in [-0.4, -0.2) is 5.11 Å². The summed E-state index contributed by atoms with van der Waals surface area (Å²) < 4.78 is 25.5. The van der Waals surface area contributed by atoms with Crippen LogP contribution in [0.1, 0.15) is 18.9 Å². The zero-order valence-corrected chi connectivity index (χ0v) is 6.77. The van der Waals surface area contributed by atoms with Gasteiger partial charge in [0.25, 0.3) is 0 Å². The Morgan fingerprint density at radius 1 is 1.33 bits per heavy atom. The van der Waals surface area contributed by atoms with Crippen LogP contribution in [0.3, 0.4) is 0 Å². The Morgan fingerprint density at radius 2 is 2.00 bits per heavy atom. The van der Waals surface area contributed by atoms with Crippen molar-refractivity contribution >= 4 is 0 Å². The third kappa shape index (κ3) is 1.55. The van der Waals surface area contributed by atoms with Crippen LogP contribution in [0.15, 0.2) is 12.1 Å². The van der Waals surface area contributed by atoms with E-state index in [0.29, 0.717) is 12.0 Å². The van der Waals surface area contributed by atoms with E-state index in [1.807, 2.05) is 6.92 Å². The Hall–Kier alpha value is -1.12. The van der Waals surface area contributed by atoms with Crippen LogP contribution in [0.5, 0.6) is 5.75 Å². The van der Waals surface area contributed by atoms with Gasteiger partial charge in [-0.3, -0.25) is 0 Å². The molecule has 1 rings (SSSR count). The zero-order chi connectivity index (χ0) is 9.14. The molecule has 3 heteroatoms. The monoisotopic (exact) mass is 172 g/mol. The van der Waals surface area contributed by atoms with Crippen molar-refractivity contribution in [2.45, 2.75) is 19.8 Å². The summed E-state index contributed by atoms with van der Waals surface area (Å²) >= 11 is 0. The van der Waals surface area contributed by atoms with Gasteiger partial charge in [-0.05, 0) is 18.1 Å². The maximum absolute atomic E-state index is 13.0. The van der Waals surface area contributed by atoms with Gasteiger partial charge < -0.3 is 5.11 Å². The van der Waals surface area contributed by atoms with Gasteiger partial charge >= 0.3 is 0 Å². The first kappa shape index (κ1) is 8.97. The molecule has 0 fully saturated rings. The second kappa shape index (κ2) is 3.52. The molecule has 0 aliphatic carbocycles. The molecule has 0 aliphatic heterocycles. The molecule has 0 bridgehead atoms. The molecule has 0 spiro atoms. The molecule has 66 valence electrons. The van der Waals surface area contributed by atoms with Gasteiger partial charge in [-0.15, -0.1) is 0 Å². The van der Waals surface area contributed by atoms with E-state index in [1.54, 1.807) is 0 Å². The van der Waals surface area contributed by atoms with Crippen LogP contribution in [0.25, 0.3) is 0 Å². The van der Waals surface area contributed by atoms with E-state index in [2.05, 4.69) is 0 Å². The third-order valence-corrected chi connectivity index (χ3v) is 1.67. The summed E-state index contributed by atoms with van der Waals surface area (Å²) in [5.41, 5.74) is 0.358. The van der Waals surface area contributed by atoms with Crippen molar-refractivity contribution in [1.29, 1.82) is 0 Å². The largest absolute Gasteiger partial charge is 0.503 e. The summed E-state index contributed by atoms with van der Waals surface area (Å²) in [5.74, 6) is -2.62. The molecule has 12 heavy (non-hydrogen) atoms. The molecule has 0 saturated carbocycles. The molecule has 1 nitrogen and oxygen atoms in total. The Kier molecular flexibility index (Phi) is 2.63. The quantitative estimate of drug-likeness (QED) is 0.727. The molecule has 0 amide bonds. The van der Waals surface area contributed by atoms with Gasteiger partial charge in [0.2, 0.25) is 0 Å². The van der Waals surface area contributed by atoms with E-state index in [-0.39, 0.29) is 0 Å². The lowest BCUT2D eigenvalue weighted by Crippen LogP contribution is -1.92. The molecule has 0 aliphatic rings. The Labute approximate surface area is 69.7 Å². The Balaban J connectivity index is 3.08. The van der Waals surface area contributed by atoms with Crippen LogP contribution in [0, 0.1) is 11.6 Å². The number of halogens is 2. The standard InChI is InChI=1S/C9H10F2O/c1-2-3-6-4-5-7(10)9(12)8(6)11/h4-5,12H,2-3H2,1H3. The van der Waals surface area contributed by atoms with Crippen LogP contribution >= 0.6 is 0 Å². The van der Waals surface area contributed by atoms with Crippen LogP contribution in [0.4, 0.5) is 8.78 Å². The van der Waals surface area contributed by atoms with E-state index in [1.165, 1.54) is 6.07 Å². The molecule has 0 saturated heterocycles. The number of aryl methyl sites for hydroxylation is 1. The minimum atomic E-state index is -0.910. The lowest BCUT2D eigenvalue weighted by atomic mass is 10.1. The summed E-state index contributed by atoms with van der Waals surface area (Å²) in [6.45, 7) is 1.89. The Bertz CT molecular complexity index is 284. The van der Waals surface area contributed by atoms with Gasteiger partial charge in [-0.2, -0.15) is 0 Å². The molecule has 1 N–H and O–H groups in total. The second-order valence-corrected chi connectivity index (χ2v) is 2.62. The lowest BCUT2D eigenvalue weighted by molar-refractivity contribution is 0.393. The summed E-state index contributed by atoms with van der Waals surface area (Å²) in [7, 11) is 0. The van der Waals surface area contributed by atoms with Crippen molar-refractivity contribution in [3.8, 4) is 5.75 Å². The Morgan fingerprint density at radius 3 is 2.58 bits per heavy atom. The molecule has 1 aromatic carbocycles. The highest BCUT2D eigenvalue weighted by molar-refractivity contribution is 5.31. The van der Waals surface area contributed by atoms with E-state index in [0.717, 1.165) is 12.5 Å². The van der Waals surface area contributed by atoms with Gasteiger partial charge in [0.1, 0.15) is 0 Å². The van der Waals surface area contributed by atoms with Crippen LogP contribution in [-0.2, 0) is 6.42 Å². The average Bonchev–Trinajstić information content (AvgIpc) is 2.07. The average molecular weight is 172 g/mol. The summed E-state index contributed by atoms with van der Waals surface area (Å²) in [5, 5.41) is 8.86. The number of benzene rings is 1. The minimum absolute atomic E-state index is 0.358. The predicted molar refractivity (Wildman–Crippen MR) is 42.0 cm³/mol. The fourth-order valence-electron chi connectivity index (χ4n) is 1.05. The van der Waals surface area contributed by atoms with Crippen LogP contribution in [0.2, 0.25) is 0 Å². The highest BCUT2D eigenvalue weighted by Crippen LogP contribution is 2.23.